The van der Waals surface area contributed by atoms with Crippen LogP contribution in [0.3, 0.4) is 0 Å². The van der Waals surface area contributed by atoms with Crippen molar-refractivity contribution in [3.05, 3.63) is 135 Å². The van der Waals surface area contributed by atoms with Gasteiger partial charge in [-0.3, -0.25) is 4.79 Å². The van der Waals surface area contributed by atoms with Crippen molar-refractivity contribution in [2.45, 2.75) is 19.0 Å². The minimum absolute atomic E-state index is 0.190. The molecule has 0 saturated carbocycles. The second kappa shape index (κ2) is 11.8. The number of nitrogens with one attached hydrogen (secondary N) is 2. The summed E-state index contributed by atoms with van der Waals surface area (Å²) in [4.78, 5) is 18.9. The van der Waals surface area contributed by atoms with E-state index < -0.39 is 0 Å². The van der Waals surface area contributed by atoms with Crippen LogP contribution in [0.2, 0.25) is 5.02 Å². The van der Waals surface area contributed by atoms with Gasteiger partial charge in [0.1, 0.15) is 0 Å². The lowest BCUT2D eigenvalue weighted by Crippen LogP contribution is -2.36. The van der Waals surface area contributed by atoms with Gasteiger partial charge in [-0.25, -0.2) is 5.01 Å². The number of hydrazone groups is 1. The van der Waals surface area contributed by atoms with Gasteiger partial charge in [0.05, 0.1) is 17.3 Å². The number of benzene rings is 4. The lowest BCUT2D eigenvalue weighted by Gasteiger charge is -2.25. The zero-order valence-electron chi connectivity index (χ0n) is 23.3. The number of anilines is 1. The third-order valence-electron chi connectivity index (χ3n) is 7.53. The van der Waals surface area contributed by atoms with Gasteiger partial charge < -0.3 is 15.2 Å². The Balaban J connectivity index is 1.47. The Kier molecular flexibility index (Phi) is 7.78. The highest BCUT2D eigenvalue weighted by atomic mass is 35.5. The van der Waals surface area contributed by atoms with E-state index in [9.17, 15) is 4.79 Å². The summed E-state index contributed by atoms with van der Waals surface area (Å²) in [5.41, 5.74) is 6.72. The Morgan fingerprint density at radius 1 is 0.976 bits per heavy atom. The average molecular weight is 592 g/mol. The van der Waals surface area contributed by atoms with Crippen LogP contribution in [0.5, 0.6) is 0 Å². The van der Waals surface area contributed by atoms with Crippen LogP contribution in [-0.4, -0.2) is 34.9 Å². The topological polar surface area (TPSA) is 63.7 Å². The minimum Gasteiger partial charge on any atom is -0.378 e. The normalized spacial score (nSPS) is 14.6. The van der Waals surface area contributed by atoms with E-state index in [0.717, 1.165) is 38.8 Å². The first kappa shape index (κ1) is 27.7. The molecular weight excluding hydrogens is 562 g/mol. The fourth-order valence-corrected chi connectivity index (χ4v) is 5.82. The molecule has 0 aliphatic carbocycles. The van der Waals surface area contributed by atoms with Gasteiger partial charge in [-0.15, -0.1) is 0 Å². The second-order valence-electron chi connectivity index (χ2n) is 10.5. The molecule has 0 saturated heterocycles. The summed E-state index contributed by atoms with van der Waals surface area (Å²) in [6.45, 7) is 0.567. The first-order valence-electron chi connectivity index (χ1n) is 13.8. The van der Waals surface area contributed by atoms with E-state index in [2.05, 4.69) is 51.6 Å². The molecule has 4 aromatic carbocycles. The number of aromatic nitrogens is 1. The number of hydrogen-bond acceptors (Lipinski definition) is 4. The Morgan fingerprint density at radius 2 is 1.67 bits per heavy atom. The van der Waals surface area contributed by atoms with Crippen molar-refractivity contribution in [1.29, 1.82) is 0 Å². The number of pyridine rings is 1. The lowest BCUT2D eigenvalue weighted by molar-refractivity contribution is 0.364. The first-order valence-corrected chi connectivity index (χ1v) is 14.5. The fourth-order valence-electron chi connectivity index (χ4n) is 5.40. The Hall–Kier alpha value is -4.46. The molecular formula is C34H30ClN5OS. The maximum absolute atomic E-state index is 13.8. The predicted molar refractivity (Wildman–Crippen MR) is 177 cm³/mol. The quantitative estimate of drug-likeness (QED) is 0.206. The van der Waals surface area contributed by atoms with Gasteiger partial charge in [-0.1, -0.05) is 84.4 Å². The molecule has 1 aliphatic heterocycles. The number of fused-ring (bicyclic) bond motifs is 1. The highest BCUT2D eigenvalue weighted by Crippen LogP contribution is 2.37. The lowest BCUT2D eigenvalue weighted by atomic mass is 9.91. The highest BCUT2D eigenvalue weighted by molar-refractivity contribution is 7.80. The zero-order valence-corrected chi connectivity index (χ0v) is 24.9. The molecule has 0 spiro atoms. The van der Waals surface area contributed by atoms with Gasteiger partial charge in [0, 0.05) is 54.2 Å². The molecule has 210 valence electrons. The number of rotatable bonds is 6. The molecule has 2 N–H and O–H groups in total. The second-order valence-corrected chi connectivity index (χ2v) is 11.3. The number of nitrogens with zero attached hydrogens (tertiary/aromatic N) is 3. The molecule has 1 aromatic heterocycles. The van der Waals surface area contributed by atoms with Crippen LogP contribution < -0.4 is 15.8 Å². The largest absolute Gasteiger partial charge is 0.378 e. The highest BCUT2D eigenvalue weighted by Gasteiger charge is 2.34. The minimum atomic E-state index is -0.200. The van der Waals surface area contributed by atoms with E-state index in [0.29, 0.717) is 34.4 Å². The molecule has 8 heteroatoms. The molecule has 0 fully saturated rings. The molecule has 1 unspecified atom stereocenters. The number of hydrogen-bond donors (Lipinski definition) is 2. The maximum atomic E-state index is 13.8. The van der Waals surface area contributed by atoms with Crippen molar-refractivity contribution in [3.8, 4) is 11.1 Å². The van der Waals surface area contributed by atoms with Crippen LogP contribution in [0.4, 0.5) is 5.69 Å². The molecule has 5 aromatic rings. The Morgan fingerprint density at radius 3 is 2.36 bits per heavy atom. The third-order valence-corrected chi connectivity index (χ3v) is 8.09. The van der Waals surface area contributed by atoms with Crippen molar-refractivity contribution in [1.82, 2.24) is 15.3 Å². The number of halogens is 1. The average Bonchev–Trinajstić information content (AvgIpc) is 3.45. The summed E-state index contributed by atoms with van der Waals surface area (Å²) in [6.07, 6.45) is 0.503. The van der Waals surface area contributed by atoms with Gasteiger partial charge >= 0.3 is 0 Å². The molecule has 42 heavy (non-hydrogen) atoms. The van der Waals surface area contributed by atoms with E-state index in [4.69, 9.17) is 28.9 Å². The maximum Gasteiger partial charge on any atom is 0.258 e. The standard InChI is InChI=1S/C34H30ClN5OS/c1-39(2)26-16-13-23(14-17-26)30-20-29(38-40(30)34(42)36-21-22-9-5-3-6-10-22)32-31(24-11-7-4-8-12-24)27-19-25(35)15-18-28(27)37-33(32)41/h3-19,30H,20-21H2,1-2H3,(H,36,42)(H,37,41). The molecule has 2 heterocycles. The van der Waals surface area contributed by atoms with Crippen LogP contribution in [0.25, 0.3) is 22.0 Å². The number of aromatic amines is 1. The van der Waals surface area contributed by atoms with E-state index >= 15 is 0 Å². The first-order chi connectivity index (χ1) is 20.4. The molecule has 1 aliphatic rings. The summed E-state index contributed by atoms with van der Waals surface area (Å²) in [6, 6.07) is 33.8. The predicted octanol–water partition coefficient (Wildman–Crippen LogP) is 7.14. The third kappa shape index (κ3) is 5.53. The van der Waals surface area contributed by atoms with Gasteiger partial charge in [-0.05, 0) is 59.2 Å². The Labute approximate surface area is 255 Å². The van der Waals surface area contributed by atoms with Gasteiger partial charge in [-0.2, -0.15) is 5.10 Å². The van der Waals surface area contributed by atoms with E-state index in [-0.39, 0.29) is 11.6 Å². The van der Waals surface area contributed by atoms with E-state index in [1.54, 1.807) is 6.07 Å². The Bertz CT molecular complexity index is 1840. The molecule has 6 nitrogen and oxygen atoms in total. The summed E-state index contributed by atoms with van der Waals surface area (Å²) >= 11 is 12.4. The fraction of sp³-hybridized carbons (Fsp3) is 0.147. The van der Waals surface area contributed by atoms with Crippen molar-refractivity contribution < 1.29 is 0 Å². The van der Waals surface area contributed by atoms with Gasteiger partial charge in [0.25, 0.3) is 5.56 Å². The van der Waals surface area contributed by atoms with Gasteiger partial charge in [0.2, 0.25) is 0 Å². The number of H-pyrrole nitrogens is 1. The summed E-state index contributed by atoms with van der Waals surface area (Å²) in [7, 11) is 4.04. The number of thiocarbonyl (C=S) groups is 1. The van der Waals surface area contributed by atoms with Crippen molar-refractivity contribution in [2.75, 3.05) is 19.0 Å². The monoisotopic (exact) mass is 591 g/mol. The van der Waals surface area contributed by atoms with Crippen LogP contribution in [-0.2, 0) is 6.54 Å². The summed E-state index contributed by atoms with van der Waals surface area (Å²) in [5, 5.41) is 12.2. The SMILES string of the molecule is CN(C)c1ccc(C2CC(c3c(-c4ccccc4)c4cc(Cl)ccc4[nH]c3=O)=NN2C(=S)NCc2ccccc2)cc1. The van der Waals surface area contributed by atoms with E-state index in [1.807, 2.05) is 79.8 Å². The van der Waals surface area contributed by atoms with E-state index in [1.165, 1.54) is 0 Å². The van der Waals surface area contributed by atoms with Crippen LogP contribution in [0, 0.1) is 0 Å². The molecule has 0 amide bonds. The van der Waals surface area contributed by atoms with Crippen molar-refractivity contribution in [3.63, 3.8) is 0 Å². The van der Waals surface area contributed by atoms with Gasteiger partial charge in [0.15, 0.2) is 5.11 Å². The van der Waals surface area contributed by atoms with Crippen LogP contribution >= 0.6 is 23.8 Å². The van der Waals surface area contributed by atoms with Crippen molar-refractivity contribution in [2.24, 2.45) is 5.10 Å². The van der Waals surface area contributed by atoms with Crippen molar-refractivity contribution >= 4 is 51.2 Å². The molecule has 6 rings (SSSR count). The summed E-state index contributed by atoms with van der Waals surface area (Å²) in [5.74, 6) is 0. The summed E-state index contributed by atoms with van der Waals surface area (Å²) < 4.78 is 0. The van der Waals surface area contributed by atoms with Crippen LogP contribution in [0.15, 0.2) is 113 Å². The molecule has 1 atom stereocenters. The van der Waals surface area contributed by atoms with Crippen LogP contribution in [0.1, 0.15) is 29.2 Å². The molecule has 0 radical (unpaired) electrons. The smallest absolute Gasteiger partial charge is 0.258 e. The zero-order chi connectivity index (χ0) is 29.2. The molecule has 0 bridgehead atoms.